The Morgan fingerprint density at radius 2 is 2.17 bits per heavy atom. The Bertz CT molecular complexity index is 472. The van der Waals surface area contributed by atoms with Crippen molar-refractivity contribution < 1.29 is 4.74 Å². The highest BCUT2D eigenvalue weighted by molar-refractivity contribution is 5.36. The first-order valence-corrected chi connectivity index (χ1v) is 6.39. The molecule has 1 fully saturated rings. The van der Waals surface area contributed by atoms with E-state index in [2.05, 4.69) is 10.4 Å². The van der Waals surface area contributed by atoms with Gasteiger partial charge in [0.2, 0.25) is 0 Å². The zero-order valence-electron chi connectivity index (χ0n) is 10.2. The summed E-state index contributed by atoms with van der Waals surface area (Å²) in [5.41, 5.74) is 1.05. The summed E-state index contributed by atoms with van der Waals surface area (Å²) >= 11 is 0. The van der Waals surface area contributed by atoms with Crippen molar-refractivity contribution in [1.82, 2.24) is 15.1 Å². The van der Waals surface area contributed by atoms with Crippen molar-refractivity contribution in [2.24, 2.45) is 0 Å². The maximum absolute atomic E-state index is 5.94. The van der Waals surface area contributed by atoms with E-state index in [1.54, 1.807) is 6.20 Å². The van der Waals surface area contributed by atoms with Crippen LogP contribution in [0.2, 0.25) is 0 Å². The number of benzene rings is 1. The van der Waals surface area contributed by atoms with Gasteiger partial charge in [-0.25, -0.2) is 4.68 Å². The molecule has 18 heavy (non-hydrogen) atoms. The topological polar surface area (TPSA) is 39.1 Å². The standard InChI is InChI=1S/C14H17N3O/c1-3-14(11-15-8-1)18-13-6-4-12(5-7-13)17-10-2-9-16-17/h2,4-7,9-10,14-15H,1,3,8,11H2. The van der Waals surface area contributed by atoms with Crippen molar-refractivity contribution in [1.29, 1.82) is 0 Å². The number of ether oxygens (including phenoxy) is 1. The van der Waals surface area contributed by atoms with Gasteiger partial charge in [0.05, 0.1) is 5.69 Å². The third-order valence-electron chi connectivity index (χ3n) is 3.16. The first kappa shape index (κ1) is 11.3. The average molecular weight is 243 g/mol. The van der Waals surface area contributed by atoms with Crippen LogP contribution in [0.25, 0.3) is 5.69 Å². The average Bonchev–Trinajstić information content (AvgIpc) is 2.95. The number of nitrogens with one attached hydrogen (secondary N) is 1. The molecule has 2 aromatic rings. The molecule has 3 rings (SSSR count). The molecule has 1 N–H and O–H groups in total. The van der Waals surface area contributed by atoms with Crippen LogP contribution in [0.1, 0.15) is 12.8 Å². The first-order valence-electron chi connectivity index (χ1n) is 6.39. The highest BCUT2D eigenvalue weighted by Crippen LogP contribution is 2.18. The smallest absolute Gasteiger partial charge is 0.119 e. The number of piperidine rings is 1. The van der Waals surface area contributed by atoms with Gasteiger partial charge in [-0.05, 0) is 49.7 Å². The summed E-state index contributed by atoms with van der Waals surface area (Å²) in [5.74, 6) is 0.930. The minimum atomic E-state index is 0.300. The summed E-state index contributed by atoms with van der Waals surface area (Å²) in [4.78, 5) is 0. The van der Waals surface area contributed by atoms with Crippen molar-refractivity contribution in [3.8, 4) is 11.4 Å². The van der Waals surface area contributed by atoms with Gasteiger partial charge in [0.15, 0.2) is 0 Å². The zero-order valence-corrected chi connectivity index (χ0v) is 10.2. The summed E-state index contributed by atoms with van der Waals surface area (Å²) in [6.07, 6.45) is 6.33. The molecule has 1 aliphatic rings. The van der Waals surface area contributed by atoms with Crippen LogP contribution in [0.3, 0.4) is 0 Å². The normalized spacial score (nSPS) is 19.7. The van der Waals surface area contributed by atoms with E-state index < -0.39 is 0 Å². The van der Waals surface area contributed by atoms with Crippen LogP contribution in [0.4, 0.5) is 0 Å². The highest BCUT2D eigenvalue weighted by Gasteiger charge is 2.14. The fourth-order valence-corrected chi connectivity index (χ4v) is 2.21. The molecule has 1 unspecified atom stereocenters. The molecule has 4 nitrogen and oxygen atoms in total. The van der Waals surface area contributed by atoms with Gasteiger partial charge < -0.3 is 10.1 Å². The molecule has 0 aliphatic carbocycles. The fraction of sp³-hybridized carbons (Fsp3) is 0.357. The maximum atomic E-state index is 5.94. The monoisotopic (exact) mass is 243 g/mol. The zero-order chi connectivity index (χ0) is 12.2. The molecular formula is C14H17N3O. The third kappa shape index (κ3) is 2.54. The predicted molar refractivity (Wildman–Crippen MR) is 70.1 cm³/mol. The quantitative estimate of drug-likeness (QED) is 0.896. The molecule has 0 bridgehead atoms. The van der Waals surface area contributed by atoms with E-state index in [1.807, 2.05) is 41.2 Å². The maximum Gasteiger partial charge on any atom is 0.119 e. The van der Waals surface area contributed by atoms with Crippen molar-refractivity contribution in [2.75, 3.05) is 13.1 Å². The van der Waals surface area contributed by atoms with Crippen LogP contribution in [0.15, 0.2) is 42.7 Å². The Morgan fingerprint density at radius 1 is 1.28 bits per heavy atom. The van der Waals surface area contributed by atoms with Gasteiger partial charge in [-0.3, -0.25) is 0 Å². The molecule has 0 spiro atoms. The number of rotatable bonds is 3. The van der Waals surface area contributed by atoms with E-state index in [4.69, 9.17) is 4.74 Å². The van der Waals surface area contributed by atoms with Gasteiger partial charge in [0.1, 0.15) is 11.9 Å². The molecule has 2 heterocycles. The number of hydrogen-bond acceptors (Lipinski definition) is 3. The highest BCUT2D eigenvalue weighted by atomic mass is 16.5. The van der Waals surface area contributed by atoms with Crippen LogP contribution in [-0.4, -0.2) is 29.0 Å². The Kier molecular flexibility index (Phi) is 3.28. The van der Waals surface area contributed by atoms with Crippen molar-refractivity contribution in [2.45, 2.75) is 18.9 Å². The van der Waals surface area contributed by atoms with E-state index in [1.165, 1.54) is 6.42 Å². The van der Waals surface area contributed by atoms with Crippen molar-refractivity contribution in [3.05, 3.63) is 42.7 Å². The summed E-state index contributed by atoms with van der Waals surface area (Å²) in [5, 5.41) is 7.55. The Balaban J connectivity index is 1.67. The third-order valence-corrected chi connectivity index (χ3v) is 3.16. The Hall–Kier alpha value is -1.81. The van der Waals surface area contributed by atoms with Crippen molar-refractivity contribution >= 4 is 0 Å². The van der Waals surface area contributed by atoms with Crippen molar-refractivity contribution in [3.63, 3.8) is 0 Å². The van der Waals surface area contributed by atoms with E-state index in [-0.39, 0.29) is 0 Å². The minimum Gasteiger partial charge on any atom is -0.489 e. The van der Waals surface area contributed by atoms with E-state index in [0.29, 0.717) is 6.10 Å². The molecule has 0 amide bonds. The van der Waals surface area contributed by atoms with Gasteiger partial charge in [0, 0.05) is 18.9 Å². The molecule has 1 aromatic heterocycles. The summed E-state index contributed by atoms with van der Waals surface area (Å²) in [6, 6.07) is 9.98. The molecule has 0 saturated carbocycles. The second-order valence-corrected chi connectivity index (χ2v) is 4.53. The number of nitrogens with zero attached hydrogens (tertiary/aromatic N) is 2. The van der Waals surface area contributed by atoms with Gasteiger partial charge in [0.25, 0.3) is 0 Å². The molecule has 4 heteroatoms. The lowest BCUT2D eigenvalue weighted by molar-refractivity contribution is 0.167. The van der Waals surface area contributed by atoms with Crippen LogP contribution in [0.5, 0.6) is 5.75 Å². The largest absolute Gasteiger partial charge is 0.489 e. The molecular weight excluding hydrogens is 226 g/mol. The Labute approximate surface area is 107 Å². The summed E-state index contributed by atoms with van der Waals surface area (Å²) in [6.45, 7) is 2.05. The molecule has 0 radical (unpaired) electrons. The first-order chi connectivity index (χ1) is 8.92. The number of aromatic nitrogens is 2. The van der Waals surface area contributed by atoms with Crippen LogP contribution in [-0.2, 0) is 0 Å². The van der Waals surface area contributed by atoms with E-state index in [9.17, 15) is 0 Å². The lowest BCUT2D eigenvalue weighted by Crippen LogP contribution is -2.37. The summed E-state index contributed by atoms with van der Waals surface area (Å²) < 4.78 is 7.77. The molecule has 1 aliphatic heterocycles. The van der Waals surface area contributed by atoms with Gasteiger partial charge in [-0.1, -0.05) is 0 Å². The molecule has 94 valence electrons. The minimum absolute atomic E-state index is 0.300. The lowest BCUT2D eigenvalue weighted by atomic mass is 10.1. The second kappa shape index (κ2) is 5.23. The van der Waals surface area contributed by atoms with E-state index >= 15 is 0 Å². The SMILES string of the molecule is c1cnn(-c2ccc(OC3CCCNC3)cc2)c1. The van der Waals surface area contributed by atoms with Gasteiger partial charge >= 0.3 is 0 Å². The van der Waals surface area contributed by atoms with Gasteiger partial charge in [-0.15, -0.1) is 0 Å². The molecule has 1 atom stereocenters. The van der Waals surface area contributed by atoms with Crippen LogP contribution >= 0.6 is 0 Å². The summed E-state index contributed by atoms with van der Waals surface area (Å²) in [7, 11) is 0. The fourth-order valence-electron chi connectivity index (χ4n) is 2.21. The lowest BCUT2D eigenvalue weighted by Gasteiger charge is -2.23. The molecule has 1 saturated heterocycles. The van der Waals surface area contributed by atoms with E-state index in [0.717, 1.165) is 30.9 Å². The molecule has 1 aromatic carbocycles. The van der Waals surface area contributed by atoms with Crippen LogP contribution in [0, 0.1) is 0 Å². The number of hydrogen-bond donors (Lipinski definition) is 1. The Morgan fingerprint density at radius 3 is 2.83 bits per heavy atom. The predicted octanol–water partition coefficient (Wildman–Crippen LogP) is 2.00. The van der Waals surface area contributed by atoms with Gasteiger partial charge in [-0.2, -0.15) is 5.10 Å². The second-order valence-electron chi connectivity index (χ2n) is 4.53. The van der Waals surface area contributed by atoms with Crippen LogP contribution < -0.4 is 10.1 Å².